The van der Waals surface area contributed by atoms with E-state index in [-0.39, 0.29) is 0 Å². The van der Waals surface area contributed by atoms with Crippen molar-refractivity contribution in [3.8, 4) is 0 Å². The zero-order valence-electron chi connectivity index (χ0n) is 13.1. The Balaban J connectivity index is 1.79. The van der Waals surface area contributed by atoms with Crippen LogP contribution in [0.4, 0.5) is 0 Å². The molecule has 2 aliphatic heterocycles. The van der Waals surface area contributed by atoms with Gasteiger partial charge < -0.3 is 10.2 Å². The van der Waals surface area contributed by atoms with E-state index in [0.29, 0.717) is 11.3 Å². The van der Waals surface area contributed by atoms with Crippen molar-refractivity contribution >= 4 is 15.9 Å². The molecule has 2 saturated heterocycles. The predicted octanol–water partition coefficient (Wildman–Crippen LogP) is 4.02. The average molecular weight is 351 g/mol. The quantitative estimate of drug-likeness (QED) is 0.885. The van der Waals surface area contributed by atoms with Gasteiger partial charge in [0.15, 0.2) is 0 Å². The number of likely N-dealkylation sites (tertiary alicyclic amines) is 1. The van der Waals surface area contributed by atoms with E-state index in [1.165, 1.54) is 61.9 Å². The first kappa shape index (κ1) is 15.5. The third-order valence-corrected chi connectivity index (χ3v) is 6.02. The van der Waals surface area contributed by atoms with E-state index in [1.54, 1.807) is 0 Å². The highest BCUT2D eigenvalue weighted by Gasteiger charge is 2.43. The number of rotatable bonds is 3. The number of nitrogens with zero attached hydrogens (tertiary/aromatic N) is 1. The molecule has 21 heavy (non-hydrogen) atoms. The van der Waals surface area contributed by atoms with E-state index >= 15 is 0 Å². The van der Waals surface area contributed by atoms with Gasteiger partial charge >= 0.3 is 0 Å². The fourth-order valence-electron chi connectivity index (χ4n) is 4.31. The minimum absolute atomic E-state index is 0.524. The molecular weight excluding hydrogens is 324 g/mol. The molecular formula is C18H27BrN2. The van der Waals surface area contributed by atoms with Crippen molar-refractivity contribution < 1.29 is 0 Å². The van der Waals surface area contributed by atoms with Crippen LogP contribution in [-0.4, -0.2) is 37.6 Å². The monoisotopic (exact) mass is 350 g/mol. The van der Waals surface area contributed by atoms with Crippen LogP contribution in [0, 0.1) is 5.41 Å². The molecule has 1 aromatic carbocycles. The summed E-state index contributed by atoms with van der Waals surface area (Å²) in [6.07, 6.45) is 5.35. The Morgan fingerprint density at radius 3 is 2.81 bits per heavy atom. The number of hydrogen-bond acceptors (Lipinski definition) is 2. The Bertz CT molecular complexity index is 466. The second-order valence-corrected chi connectivity index (χ2v) is 7.68. The van der Waals surface area contributed by atoms with Gasteiger partial charge in [0.25, 0.3) is 0 Å². The van der Waals surface area contributed by atoms with E-state index < -0.39 is 0 Å². The average Bonchev–Trinajstić information content (AvgIpc) is 2.50. The Morgan fingerprint density at radius 2 is 2.10 bits per heavy atom. The Hall–Kier alpha value is -0.380. The van der Waals surface area contributed by atoms with Crippen molar-refractivity contribution in [1.29, 1.82) is 0 Å². The van der Waals surface area contributed by atoms with Crippen molar-refractivity contribution in [2.24, 2.45) is 5.41 Å². The smallest absolute Gasteiger partial charge is 0.0178 e. The van der Waals surface area contributed by atoms with Crippen LogP contribution in [0.5, 0.6) is 0 Å². The number of hydrogen-bond donors (Lipinski definition) is 1. The second kappa shape index (κ2) is 6.80. The molecule has 0 radical (unpaired) electrons. The number of nitrogens with one attached hydrogen (secondary N) is 1. The summed E-state index contributed by atoms with van der Waals surface area (Å²) in [5.41, 5.74) is 2.04. The van der Waals surface area contributed by atoms with E-state index in [1.807, 2.05) is 0 Å². The van der Waals surface area contributed by atoms with Crippen LogP contribution in [0.3, 0.4) is 0 Å². The Labute approximate surface area is 137 Å². The number of halogens is 1. The summed E-state index contributed by atoms with van der Waals surface area (Å²) >= 11 is 3.64. The van der Waals surface area contributed by atoms with Crippen molar-refractivity contribution in [2.75, 3.05) is 32.7 Å². The molecule has 0 bridgehead atoms. The molecule has 3 rings (SSSR count). The highest BCUT2D eigenvalue weighted by molar-refractivity contribution is 9.10. The number of benzene rings is 1. The van der Waals surface area contributed by atoms with Crippen molar-refractivity contribution in [3.05, 3.63) is 34.3 Å². The maximum atomic E-state index is 3.64. The lowest BCUT2D eigenvalue weighted by molar-refractivity contribution is 0.0539. The predicted molar refractivity (Wildman–Crippen MR) is 92.8 cm³/mol. The molecule has 0 aliphatic carbocycles. The third kappa shape index (κ3) is 3.35. The van der Waals surface area contributed by atoms with Crippen LogP contribution >= 0.6 is 15.9 Å². The lowest BCUT2D eigenvalue weighted by atomic mass is 9.63. The van der Waals surface area contributed by atoms with E-state index in [2.05, 4.69) is 57.3 Å². The normalized spacial score (nSPS) is 26.1. The molecule has 2 fully saturated rings. The van der Waals surface area contributed by atoms with Crippen LogP contribution in [0.1, 0.15) is 44.1 Å². The maximum Gasteiger partial charge on any atom is 0.0178 e. The topological polar surface area (TPSA) is 15.3 Å². The molecule has 1 N–H and O–H groups in total. The summed E-state index contributed by atoms with van der Waals surface area (Å²) in [6.45, 7) is 8.48. The summed E-state index contributed by atoms with van der Waals surface area (Å²) in [5.74, 6) is 0.674. The van der Waals surface area contributed by atoms with Crippen molar-refractivity contribution in [1.82, 2.24) is 10.2 Å². The minimum Gasteiger partial charge on any atom is -0.316 e. The van der Waals surface area contributed by atoms with Crippen LogP contribution in [0.15, 0.2) is 28.7 Å². The first-order valence-electron chi connectivity index (χ1n) is 8.42. The highest BCUT2D eigenvalue weighted by Crippen LogP contribution is 2.48. The van der Waals surface area contributed by atoms with E-state index in [9.17, 15) is 0 Å². The molecule has 1 atom stereocenters. The molecule has 0 saturated carbocycles. The van der Waals surface area contributed by atoms with Gasteiger partial charge in [0.2, 0.25) is 0 Å². The SMILES string of the molecule is CCCN1CCC2(CCNCC2c2cccc(Br)c2)CC1. The highest BCUT2D eigenvalue weighted by atomic mass is 79.9. The standard InChI is InChI=1S/C18H27BrN2/c1-2-10-21-11-7-18(8-12-21)6-9-20-14-17(18)15-4-3-5-16(19)13-15/h3-5,13,17,20H,2,6-12,14H2,1H3. The maximum absolute atomic E-state index is 3.64. The zero-order valence-corrected chi connectivity index (χ0v) is 14.7. The van der Waals surface area contributed by atoms with E-state index in [4.69, 9.17) is 0 Å². The molecule has 1 aromatic rings. The van der Waals surface area contributed by atoms with Gasteiger partial charge in [0.05, 0.1) is 0 Å². The molecule has 2 aliphatic rings. The fourth-order valence-corrected chi connectivity index (χ4v) is 4.72. The molecule has 2 nitrogen and oxygen atoms in total. The second-order valence-electron chi connectivity index (χ2n) is 6.77. The van der Waals surface area contributed by atoms with Gasteiger partial charge in [0.1, 0.15) is 0 Å². The van der Waals surface area contributed by atoms with Crippen molar-refractivity contribution in [2.45, 2.75) is 38.5 Å². The van der Waals surface area contributed by atoms with Crippen LogP contribution < -0.4 is 5.32 Å². The van der Waals surface area contributed by atoms with Gasteiger partial charge in [-0.25, -0.2) is 0 Å². The van der Waals surface area contributed by atoms with Gasteiger partial charge in [-0.15, -0.1) is 0 Å². The minimum atomic E-state index is 0.524. The molecule has 1 unspecified atom stereocenters. The summed E-state index contributed by atoms with van der Waals surface area (Å²) in [6, 6.07) is 8.98. The van der Waals surface area contributed by atoms with Gasteiger partial charge in [0, 0.05) is 16.9 Å². The molecule has 116 valence electrons. The van der Waals surface area contributed by atoms with Crippen LogP contribution in [-0.2, 0) is 0 Å². The molecule has 2 heterocycles. The Morgan fingerprint density at radius 1 is 1.29 bits per heavy atom. The number of piperidine rings is 2. The zero-order chi connectivity index (χ0) is 14.7. The van der Waals surface area contributed by atoms with Gasteiger partial charge in [-0.3, -0.25) is 0 Å². The van der Waals surface area contributed by atoms with Crippen LogP contribution in [0.2, 0.25) is 0 Å². The summed E-state index contributed by atoms with van der Waals surface area (Å²) in [4.78, 5) is 2.66. The summed E-state index contributed by atoms with van der Waals surface area (Å²) in [7, 11) is 0. The molecule has 0 aromatic heterocycles. The molecule has 3 heteroatoms. The van der Waals surface area contributed by atoms with Gasteiger partial charge in [-0.2, -0.15) is 0 Å². The molecule has 0 amide bonds. The fraction of sp³-hybridized carbons (Fsp3) is 0.667. The largest absolute Gasteiger partial charge is 0.316 e. The first-order valence-corrected chi connectivity index (χ1v) is 9.21. The van der Waals surface area contributed by atoms with Gasteiger partial charge in [-0.05, 0) is 75.0 Å². The Kier molecular flexibility index (Phi) is 5.03. The molecule has 1 spiro atoms. The third-order valence-electron chi connectivity index (χ3n) is 5.53. The lowest BCUT2D eigenvalue weighted by Gasteiger charge is -2.50. The summed E-state index contributed by atoms with van der Waals surface area (Å²) in [5, 5.41) is 3.63. The van der Waals surface area contributed by atoms with Gasteiger partial charge in [-0.1, -0.05) is 35.0 Å². The first-order chi connectivity index (χ1) is 10.2. The van der Waals surface area contributed by atoms with E-state index in [0.717, 1.165) is 6.54 Å². The summed E-state index contributed by atoms with van der Waals surface area (Å²) < 4.78 is 1.21. The lowest BCUT2D eigenvalue weighted by Crippen LogP contribution is -2.50. The van der Waals surface area contributed by atoms with Crippen LogP contribution in [0.25, 0.3) is 0 Å². The van der Waals surface area contributed by atoms with Crippen molar-refractivity contribution in [3.63, 3.8) is 0 Å².